The minimum Gasteiger partial charge on any atom is -0.443 e. The van der Waals surface area contributed by atoms with Gasteiger partial charge in [-0.05, 0) is 32.8 Å². The minimum absolute atomic E-state index is 0.111. The van der Waals surface area contributed by atoms with Crippen molar-refractivity contribution in [2.75, 3.05) is 6.54 Å². The lowest BCUT2D eigenvalue weighted by molar-refractivity contribution is -0.140. The van der Waals surface area contributed by atoms with Crippen molar-refractivity contribution in [2.24, 2.45) is 0 Å². The molecule has 0 spiro atoms. The number of amides is 2. The highest BCUT2D eigenvalue weighted by atomic mass is 16.5. The molecular weight excluding hydrogens is 436 g/mol. The second-order valence-electron chi connectivity index (χ2n) is 8.85. The van der Waals surface area contributed by atoms with Crippen molar-refractivity contribution in [1.29, 1.82) is 0 Å². The van der Waals surface area contributed by atoms with E-state index in [9.17, 15) is 14.7 Å². The van der Waals surface area contributed by atoms with Gasteiger partial charge in [-0.1, -0.05) is 36.3 Å². The van der Waals surface area contributed by atoms with Gasteiger partial charge in [0.25, 0.3) is 0 Å². The lowest BCUT2D eigenvalue weighted by Gasteiger charge is -2.28. The number of likely N-dealkylation sites (tertiary alicyclic amines) is 1. The van der Waals surface area contributed by atoms with Crippen LogP contribution in [0.4, 0.5) is 0 Å². The van der Waals surface area contributed by atoms with Crippen molar-refractivity contribution < 1.29 is 23.6 Å². The molecule has 9 heteroatoms. The zero-order valence-electron chi connectivity index (χ0n) is 19.8. The molecule has 3 aromatic rings. The number of aryl methyl sites for hydroxylation is 2. The number of carbonyl (C=O) groups excluding carboxylic acids is 2. The van der Waals surface area contributed by atoms with Gasteiger partial charge in [-0.2, -0.15) is 0 Å². The monoisotopic (exact) mass is 466 g/mol. The fraction of sp³-hybridized carbons (Fsp3) is 0.440. The predicted octanol–water partition coefficient (Wildman–Crippen LogP) is 3.28. The first-order valence-electron chi connectivity index (χ1n) is 11.5. The van der Waals surface area contributed by atoms with E-state index in [0.717, 1.165) is 16.8 Å². The Labute approximate surface area is 198 Å². The average molecular weight is 467 g/mol. The smallest absolute Gasteiger partial charge is 0.243 e. The van der Waals surface area contributed by atoms with Gasteiger partial charge in [0.2, 0.25) is 11.8 Å². The van der Waals surface area contributed by atoms with Gasteiger partial charge in [0.05, 0.1) is 29.5 Å². The lowest BCUT2D eigenvalue weighted by Crippen LogP contribution is -2.47. The van der Waals surface area contributed by atoms with Crippen LogP contribution in [0.5, 0.6) is 0 Å². The average Bonchev–Trinajstić information content (AvgIpc) is 3.54. The highest BCUT2D eigenvalue weighted by molar-refractivity contribution is 5.91. The van der Waals surface area contributed by atoms with Crippen LogP contribution in [0.25, 0.3) is 11.3 Å². The molecule has 0 unspecified atom stereocenters. The van der Waals surface area contributed by atoms with Crippen molar-refractivity contribution >= 4 is 11.8 Å². The van der Waals surface area contributed by atoms with E-state index in [2.05, 4.69) is 15.5 Å². The van der Waals surface area contributed by atoms with Crippen LogP contribution in [-0.2, 0) is 9.59 Å². The van der Waals surface area contributed by atoms with E-state index in [-0.39, 0.29) is 30.8 Å². The van der Waals surface area contributed by atoms with E-state index >= 15 is 0 Å². The summed E-state index contributed by atoms with van der Waals surface area (Å²) in [6, 6.07) is 8.39. The van der Waals surface area contributed by atoms with Crippen molar-refractivity contribution in [3.63, 3.8) is 0 Å². The predicted molar refractivity (Wildman–Crippen MR) is 124 cm³/mol. The molecule has 3 heterocycles. The fourth-order valence-electron chi connectivity index (χ4n) is 4.45. The maximum Gasteiger partial charge on any atom is 0.243 e. The summed E-state index contributed by atoms with van der Waals surface area (Å²) in [7, 11) is 0. The molecule has 4 atom stereocenters. The summed E-state index contributed by atoms with van der Waals surface area (Å²) in [4.78, 5) is 32.1. The zero-order valence-corrected chi connectivity index (χ0v) is 19.8. The van der Waals surface area contributed by atoms with E-state index in [4.69, 9.17) is 8.94 Å². The number of β-amino-alcohol motifs (C(OH)–C–C–N with tert-alkyl or cyclic N) is 1. The van der Waals surface area contributed by atoms with Crippen molar-refractivity contribution in [2.45, 2.75) is 64.6 Å². The first-order chi connectivity index (χ1) is 16.3. The van der Waals surface area contributed by atoms with Crippen LogP contribution >= 0.6 is 0 Å². The van der Waals surface area contributed by atoms with Crippen LogP contribution in [-0.4, -0.2) is 50.7 Å². The molecule has 2 aromatic heterocycles. The van der Waals surface area contributed by atoms with E-state index in [0.29, 0.717) is 23.6 Å². The molecule has 0 saturated carbocycles. The third-order valence-corrected chi connectivity index (χ3v) is 6.34. The molecule has 1 aromatic carbocycles. The molecule has 0 bridgehead atoms. The van der Waals surface area contributed by atoms with Gasteiger partial charge in [0, 0.05) is 24.6 Å². The summed E-state index contributed by atoms with van der Waals surface area (Å²) in [5.41, 5.74) is 3.32. The number of aliphatic hydroxyl groups is 1. The number of hydrogen-bond acceptors (Lipinski definition) is 7. The van der Waals surface area contributed by atoms with E-state index in [1.54, 1.807) is 13.0 Å². The summed E-state index contributed by atoms with van der Waals surface area (Å²) < 4.78 is 10.8. The summed E-state index contributed by atoms with van der Waals surface area (Å²) in [5.74, 6) is 0.100. The van der Waals surface area contributed by atoms with Crippen molar-refractivity contribution in [3.05, 3.63) is 59.4 Å². The SMILES string of the molecule is CC[C@@H](C(=O)N1C[C@H](O)C[C@H]1C(=O)N[C@@H](C)c1ccc(-c2ocnc2C)cc1)c1cc(C)no1. The number of rotatable bonds is 7. The quantitative estimate of drug-likeness (QED) is 0.548. The van der Waals surface area contributed by atoms with Gasteiger partial charge in [0.1, 0.15) is 11.8 Å². The molecule has 1 fully saturated rings. The largest absolute Gasteiger partial charge is 0.443 e. The molecule has 0 aliphatic carbocycles. The number of carbonyl (C=O) groups is 2. The maximum absolute atomic E-state index is 13.3. The molecule has 2 amide bonds. The Morgan fingerprint density at radius 2 is 2.00 bits per heavy atom. The van der Waals surface area contributed by atoms with Gasteiger partial charge >= 0.3 is 0 Å². The Morgan fingerprint density at radius 1 is 1.26 bits per heavy atom. The van der Waals surface area contributed by atoms with Crippen molar-refractivity contribution in [1.82, 2.24) is 20.4 Å². The number of aliphatic hydroxyl groups excluding tert-OH is 1. The van der Waals surface area contributed by atoms with Gasteiger partial charge in [0.15, 0.2) is 12.2 Å². The van der Waals surface area contributed by atoms with Crippen molar-refractivity contribution in [3.8, 4) is 11.3 Å². The third kappa shape index (κ3) is 4.75. The second-order valence-corrected chi connectivity index (χ2v) is 8.85. The first-order valence-corrected chi connectivity index (χ1v) is 11.5. The molecule has 1 aliphatic heterocycles. The van der Waals surface area contributed by atoms with Crippen LogP contribution in [0.3, 0.4) is 0 Å². The van der Waals surface area contributed by atoms with Gasteiger partial charge < -0.3 is 24.3 Å². The Morgan fingerprint density at radius 3 is 2.59 bits per heavy atom. The molecule has 2 N–H and O–H groups in total. The Bertz CT molecular complexity index is 1150. The minimum atomic E-state index is -0.756. The normalized spacial score (nSPS) is 19.7. The molecular formula is C25H30N4O5. The zero-order chi connectivity index (χ0) is 24.4. The van der Waals surface area contributed by atoms with Gasteiger partial charge in [-0.25, -0.2) is 4.98 Å². The highest BCUT2D eigenvalue weighted by Gasteiger charge is 2.42. The molecule has 1 aliphatic rings. The maximum atomic E-state index is 13.3. The number of aromatic nitrogens is 2. The topological polar surface area (TPSA) is 122 Å². The van der Waals surface area contributed by atoms with Crippen LogP contribution in [0.15, 0.2) is 45.7 Å². The highest BCUT2D eigenvalue weighted by Crippen LogP contribution is 2.29. The Kier molecular flexibility index (Phi) is 6.83. The number of oxazole rings is 1. The van der Waals surface area contributed by atoms with E-state index in [1.165, 1.54) is 11.3 Å². The van der Waals surface area contributed by atoms with Gasteiger partial charge in [-0.15, -0.1) is 0 Å². The number of hydrogen-bond donors (Lipinski definition) is 2. The van der Waals surface area contributed by atoms with Crippen LogP contribution in [0.1, 0.15) is 61.4 Å². The van der Waals surface area contributed by atoms with Gasteiger partial charge in [-0.3, -0.25) is 9.59 Å². The standard InChI is InChI=1S/C25H30N4O5/c1-5-20(22-10-14(2)28-34-22)25(32)29-12-19(30)11-21(29)24(31)27-15(3)17-6-8-18(9-7-17)23-16(4)26-13-33-23/h6-10,13,15,19-21,30H,5,11-12H2,1-4H3,(H,27,31)/t15-,19+,20+,21-/m0/s1. The number of benzene rings is 1. The molecule has 4 rings (SSSR count). The van der Waals surface area contributed by atoms with Crippen LogP contribution < -0.4 is 5.32 Å². The molecule has 180 valence electrons. The number of nitrogens with zero attached hydrogens (tertiary/aromatic N) is 3. The lowest BCUT2D eigenvalue weighted by atomic mass is 10.0. The summed E-state index contributed by atoms with van der Waals surface area (Å²) >= 11 is 0. The fourth-order valence-corrected chi connectivity index (χ4v) is 4.45. The number of nitrogens with one attached hydrogen (secondary N) is 1. The van der Waals surface area contributed by atoms with Crippen LogP contribution in [0.2, 0.25) is 0 Å². The molecule has 34 heavy (non-hydrogen) atoms. The molecule has 0 radical (unpaired) electrons. The summed E-state index contributed by atoms with van der Waals surface area (Å²) in [6.45, 7) is 7.55. The first kappa shape index (κ1) is 23.7. The summed E-state index contributed by atoms with van der Waals surface area (Å²) in [5, 5.41) is 17.1. The molecule has 9 nitrogen and oxygen atoms in total. The second kappa shape index (κ2) is 9.80. The Hall–Kier alpha value is -3.46. The van der Waals surface area contributed by atoms with E-state index in [1.807, 2.05) is 45.0 Å². The van der Waals surface area contributed by atoms with E-state index < -0.39 is 18.1 Å². The Balaban J connectivity index is 1.45. The van der Waals surface area contributed by atoms with Crippen LogP contribution in [0, 0.1) is 13.8 Å². The third-order valence-electron chi connectivity index (χ3n) is 6.34. The summed E-state index contributed by atoms with van der Waals surface area (Å²) in [6.07, 6.45) is 1.35. The molecule has 1 saturated heterocycles.